The van der Waals surface area contributed by atoms with Crippen LogP contribution in [0.25, 0.3) is 0 Å². The molecule has 1 aromatic carbocycles. The van der Waals surface area contributed by atoms with Crippen molar-refractivity contribution in [2.45, 2.75) is 59.2 Å². The predicted molar refractivity (Wildman–Crippen MR) is 127 cm³/mol. The Labute approximate surface area is 196 Å². The molecule has 8 heteroatoms. The third-order valence-corrected chi connectivity index (χ3v) is 6.37. The second kappa shape index (κ2) is 11.1. The molecule has 3 rings (SSSR count). The van der Waals surface area contributed by atoms with Crippen LogP contribution in [0.15, 0.2) is 36.4 Å². The van der Waals surface area contributed by atoms with Gasteiger partial charge in [0.05, 0.1) is 0 Å². The zero-order valence-corrected chi connectivity index (χ0v) is 20.2. The Bertz CT molecular complexity index is 972. The van der Waals surface area contributed by atoms with Gasteiger partial charge in [0, 0.05) is 58.3 Å². The maximum absolute atomic E-state index is 13.4. The van der Waals surface area contributed by atoms with Crippen molar-refractivity contribution in [1.82, 2.24) is 24.5 Å². The fourth-order valence-corrected chi connectivity index (χ4v) is 3.97. The minimum Gasteiger partial charge on any atom is -0.346 e. The van der Waals surface area contributed by atoms with E-state index in [4.69, 9.17) is 0 Å². The van der Waals surface area contributed by atoms with Crippen molar-refractivity contribution in [1.29, 1.82) is 0 Å². The number of amides is 3. The van der Waals surface area contributed by atoms with E-state index in [2.05, 4.69) is 5.10 Å². The summed E-state index contributed by atoms with van der Waals surface area (Å²) in [5, 5.41) is 4.50. The van der Waals surface area contributed by atoms with Crippen LogP contribution in [0.2, 0.25) is 0 Å². The topological polar surface area (TPSA) is 78.8 Å². The molecule has 33 heavy (non-hydrogen) atoms. The van der Waals surface area contributed by atoms with E-state index in [1.807, 2.05) is 56.0 Å². The molecule has 1 aliphatic rings. The summed E-state index contributed by atoms with van der Waals surface area (Å²) in [5.41, 5.74) is 1.77. The molecule has 0 fully saturated rings. The van der Waals surface area contributed by atoms with E-state index >= 15 is 0 Å². The SMILES string of the molecule is CCC(C)N(CCC(=O)N(C)CC)C(=O)c1cc2n(n1)CCCN(Cc1ccccc1)C2=O. The van der Waals surface area contributed by atoms with Crippen LogP contribution in [0, 0.1) is 0 Å². The van der Waals surface area contributed by atoms with Gasteiger partial charge in [0.15, 0.2) is 5.69 Å². The molecule has 0 radical (unpaired) electrons. The Morgan fingerprint density at radius 3 is 2.55 bits per heavy atom. The molecule has 0 aliphatic carbocycles. The first-order valence-corrected chi connectivity index (χ1v) is 11.8. The van der Waals surface area contributed by atoms with E-state index in [9.17, 15) is 14.4 Å². The molecule has 0 saturated carbocycles. The molecular weight excluding hydrogens is 418 g/mol. The average Bonchev–Trinajstić information content (AvgIpc) is 3.21. The maximum atomic E-state index is 13.4. The molecular formula is C25H35N5O3. The molecule has 1 atom stereocenters. The lowest BCUT2D eigenvalue weighted by atomic mass is 10.1. The Morgan fingerprint density at radius 2 is 1.88 bits per heavy atom. The monoisotopic (exact) mass is 453 g/mol. The highest BCUT2D eigenvalue weighted by atomic mass is 16.2. The fraction of sp³-hybridized carbons (Fsp3) is 0.520. The van der Waals surface area contributed by atoms with Gasteiger partial charge >= 0.3 is 0 Å². The van der Waals surface area contributed by atoms with E-state index in [1.54, 1.807) is 27.6 Å². The van der Waals surface area contributed by atoms with Gasteiger partial charge in [-0.1, -0.05) is 37.3 Å². The lowest BCUT2D eigenvalue weighted by Crippen LogP contribution is -2.41. The molecule has 2 aromatic rings. The molecule has 3 amide bonds. The second-order valence-corrected chi connectivity index (χ2v) is 8.62. The van der Waals surface area contributed by atoms with Crippen molar-refractivity contribution in [2.24, 2.45) is 0 Å². The first kappa shape index (κ1) is 24.5. The van der Waals surface area contributed by atoms with Crippen LogP contribution in [0.3, 0.4) is 0 Å². The van der Waals surface area contributed by atoms with Crippen LogP contribution in [0.1, 0.15) is 66.6 Å². The number of carbonyl (C=O) groups excluding carboxylic acids is 3. The molecule has 0 saturated heterocycles. The number of fused-ring (bicyclic) bond motifs is 1. The van der Waals surface area contributed by atoms with E-state index in [0.717, 1.165) is 18.4 Å². The zero-order valence-electron chi connectivity index (χ0n) is 20.2. The summed E-state index contributed by atoms with van der Waals surface area (Å²) >= 11 is 0. The molecule has 0 spiro atoms. The fourth-order valence-electron chi connectivity index (χ4n) is 3.97. The molecule has 0 N–H and O–H groups in total. The highest BCUT2D eigenvalue weighted by Crippen LogP contribution is 2.19. The number of hydrogen-bond donors (Lipinski definition) is 0. The van der Waals surface area contributed by atoms with Gasteiger partial charge in [0.25, 0.3) is 11.8 Å². The van der Waals surface area contributed by atoms with Crippen LogP contribution in [-0.2, 0) is 17.9 Å². The first-order chi connectivity index (χ1) is 15.8. The number of hydrogen-bond acceptors (Lipinski definition) is 4. The number of carbonyl (C=O) groups is 3. The Morgan fingerprint density at radius 1 is 1.15 bits per heavy atom. The third kappa shape index (κ3) is 5.80. The number of nitrogens with zero attached hydrogens (tertiary/aromatic N) is 5. The van der Waals surface area contributed by atoms with Gasteiger partial charge in [-0.3, -0.25) is 19.1 Å². The van der Waals surface area contributed by atoms with Crippen molar-refractivity contribution in [3.8, 4) is 0 Å². The summed E-state index contributed by atoms with van der Waals surface area (Å²) in [5.74, 6) is -0.344. The summed E-state index contributed by atoms with van der Waals surface area (Å²) in [7, 11) is 1.76. The van der Waals surface area contributed by atoms with E-state index in [1.165, 1.54) is 0 Å². The number of rotatable bonds is 9. The van der Waals surface area contributed by atoms with Gasteiger partial charge in [0.2, 0.25) is 5.91 Å². The summed E-state index contributed by atoms with van der Waals surface area (Å²) in [6.07, 6.45) is 1.80. The van der Waals surface area contributed by atoms with Gasteiger partial charge in [-0.25, -0.2) is 0 Å². The number of benzene rings is 1. The van der Waals surface area contributed by atoms with Gasteiger partial charge in [-0.2, -0.15) is 5.10 Å². The van der Waals surface area contributed by atoms with Gasteiger partial charge in [0.1, 0.15) is 5.69 Å². The molecule has 2 heterocycles. The first-order valence-electron chi connectivity index (χ1n) is 11.8. The van der Waals surface area contributed by atoms with Crippen molar-refractivity contribution in [3.63, 3.8) is 0 Å². The average molecular weight is 454 g/mol. The zero-order chi connectivity index (χ0) is 24.0. The van der Waals surface area contributed by atoms with Crippen molar-refractivity contribution < 1.29 is 14.4 Å². The van der Waals surface area contributed by atoms with Crippen molar-refractivity contribution >= 4 is 17.7 Å². The smallest absolute Gasteiger partial charge is 0.274 e. The molecule has 178 valence electrons. The number of aromatic nitrogens is 2. The molecule has 1 unspecified atom stereocenters. The molecule has 1 aliphatic heterocycles. The van der Waals surface area contributed by atoms with Crippen LogP contribution in [-0.4, -0.2) is 74.9 Å². The Balaban J connectivity index is 1.78. The van der Waals surface area contributed by atoms with E-state index in [-0.39, 0.29) is 35.9 Å². The lowest BCUT2D eigenvalue weighted by Gasteiger charge is -2.28. The summed E-state index contributed by atoms with van der Waals surface area (Å²) in [6.45, 7) is 8.62. The Hall–Kier alpha value is -3.16. The van der Waals surface area contributed by atoms with Crippen LogP contribution in [0.5, 0.6) is 0 Å². The van der Waals surface area contributed by atoms with Gasteiger partial charge in [-0.15, -0.1) is 0 Å². The van der Waals surface area contributed by atoms with E-state index in [0.29, 0.717) is 38.4 Å². The van der Waals surface area contributed by atoms with Gasteiger partial charge in [-0.05, 0) is 32.3 Å². The minimum atomic E-state index is -0.237. The van der Waals surface area contributed by atoms with Crippen molar-refractivity contribution in [2.75, 3.05) is 26.7 Å². The predicted octanol–water partition coefficient (Wildman–Crippen LogP) is 3.04. The highest BCUT2D eigenvalue weighted by molar-refractivity contribution is 5.98. The van der Waals surface area contributed by atoms with Crippen LogP contribution < -0.4 is 0 Å². The Kier molecular flexibility index (Phi) is 8.25. The second-order valence-electron chi connectivity index (χ2n) is 8.62. The standard InChI is InChI=1S/C25H35N5O3/c1-5-19(3)29(16-13-23(31)27(4)6-2)24(32)21-17-22-25(33)28(14-10-15-30(22)26-21)18-20-11-8-7-9-12-20/h7-9,11-12,17,19H,5-6,10,13-16,18H2,1-4H3. The lowest BCUT2D eigenvalue weighted by molar-refractivity contribution is -0.129. The quantitative estimate of drug-likeness (QED) is 0.585. The third-order valence-electron chi connectivity index (χ3n) is 6.37. The van der Waals surface area contributed by atoms with Crippen LogP contribution in [0.4, 0.5) is 0 Å². The molecule has 0 bridgehead atoms. The van der Waals surface area contributed by atoms with Crippen molar-refractivity contribution in [3.05, 3.63) is 53.3 Å². The van der Waals surface area contributed by atoms with Gasteiger partial charge < -0.3 is 14.7 Å². The molecule has 1 aromatic heterocycles. The summed E-state index contributed by atoms with van der Waals surface area (Å²) in [6, 6.07) is 11.5. The largest absolute Gasteiger partial charge is 0.346 e. The highest BCUT2D eigenvalue weighted by Gasteiger charge is 2.29. The van der Waals surface area contributed by atoms with Crippen LogP contribution >= 0.6 is 0 Å². The normalized spacial score (nSPS) is 14.4. The summed E-state index contributed by atoms with van der Waals surface area (Å²) in [4.78, 5) is 44.1. The molecule has 8 nitrogen and oxygen atoms in total. The minimum absolute atomic E-state index is 0.00552. The maximum Gasteiger partial charge on any atom is 0.274 e. The number of aryl methyl sites for hydroxylation is 1. The van der Waals surface area contributed by atoms with E-state index < -0.39 is 0 Å². The summed E-state index contributed by atoms with van der Waals surface area (Å²) < 4.78 is 1.66.